The van der Waals surface area contributed by atoms with Gasteiger partial charge in [-0.05, 0) is 67.5 Å². The summed E-state index contributed by atoms with van der Waals surface area (Å²) < 4.78 is 0. The normalized spacial score (nSPS) is 26.3. The number of amides is 1. The number of aryl methyl sites for hydroxylation is 1. The molecule has 3 aliphatic rings. The van der Waals surface area contributed by atoms with Crippen LogP contribution in [0.2, 0.25) is 0 Å². The van der Waals surface area contributed by atoms with E-state index in [-0.39, 0.29) is 5.91 Å². The summed E-state index contributed by atoms with van der Waals surface area (Å²) in [5, 5.41) is 3.08. The molecule has 1 saturated heterocycles. The number of thiophene rings is 1. The molecule has 140 valence electrons. The van der Waals surface area contributed by atoms with Gasteiger partial charge in [-0.3, -0.25) is 14.7 Å². The van der Waals surface area contributed by atoms with E-state index in [4.69, 9.17) is 4.99 Å². The Bertz CT molecular complexity index is 709. The third-order valence-electron chi connectivity index (χ3n) is 5.81. The molecule has 3 fully saturated rings. The number of nitrogens with zero attached hydrogens (tertiary/aromatic N) is 2. The maximum Gasteiger partial charge on any atom is 0.267 e. The first-order valence-electron chi connectivity index (χ1n) is 10.1. The summed E-state index contributed by atoms with van der Waals surface area (Å²) in [5.41, 5.74) is 1.25. The quantitative estimate of drug-likeness (QED) is 0.595. The van der Waals surface area contributed by atoms with Gasteiger partial charge in [-0.2, -0.15) is 0 Å². The van der Waals surface area contributed by atoms with Crippen molar-refractivity contribution < 1.29 is 4.79 Å². The van der Waals surface area contributed by atoms with Crippen LogP contribution in [0.5, 0.6) is 0 Å². The van der Waals surface area contributed by atoms with E-state index in [2.05, 4.69) is 29.3 Å². The highest BCUT2D eigenvalue weighted by Gasteiger charge is 2.39. The average molecular weight is 389 g/mol. The van der Waals surface area contributed by atoms with Crippen LogP contribution < -0.4 is 0 Å². The van der Waals surface area contributed by atoms with E-state index >= 15 is 0 Å². The second-order valence-corrected chi connectivity index (χ2v) is 9.71. The second-order valence-electron chi connectivity index (χ2n) is 7.75. The molecule has 0 spiro atoms. The summed E-state index contributed by atoms with van der Waals surface area (Å²) in [6.45, 7) is 2.11. The minimum absolute atomic E-state index is 0.184. The summed E-state index contributed by atoms with van der Waals surface area (Å²) >= 11 is 3.33. The molecule has 0 unspecified atom stereocenters. The number of hydrogen-bond acceptors (Lipinski definition) is 4. The third-order valence-corrected chi connectivity index (χ3v) is 7.77. The Hall–Kier alpha value is -1.07. The zero-order valence-electron chi connectivity index (χ0n) is 15.6. The van der Waals surface area contributed by atoms with E-state index in [0.29, 0.717) is 12.1 Å². The van der Waals surface area contributed by atoms with Crippen LogP contribution in [0, 0.1) is 6.92 Å². The second kappa shape index (κ2) is 8.30. The molecule has 4 rings (SSSR count). The van der Waals surface area contributed by atoms with Gasteiger partial charge in [-0.15, -0.1) is 11.3 Å². The third kappa shape index (κ3) is 3.94. The number of carbonyl (C=O) groups is 1. The van der Waals surface area contributed by atoms with Crippen molar-refractivity contribution in [3.63, 3.8) is 0 Å². The fourth-order valence-electron chi connectivity index (χ4n) is 4.26. The van der Waals surface area contributed by atoms with Gasteiger partial charge in [0.05, 0.1) is 10.9 Å². The van der Waals surface area contributed by atoms with E-state index in [1.165, 1.54) is 61.8 Å². The molecule has 0 N–H and O–H groups in total. The number of aliphatic imine (C=N–C) groups is 1. The minimum Gasteiger partial charge on any atom is -0.284 e. The molecule has 0 aromatic carbocycles. The van der Waals surface area contributed by atoms with Crippen molar-refractivity contribution >= 4 is 40.2 Å². The van der Waals surface area contributed by atoms with Crippen molar-refractivity contribution in [2.45, 2.75) is 83.2 Å². The van der Waals surface area contributed by atoms with Crippen molar-refractivity contribution in [2.24, 2.45) is 4.99 Å². The molecule has 1 aromatic rings. The lowest BCUT2D eigenvalue weighted by molar-refractivity contribution is -0.124. The molecule has 0 radical (unpaired) electrons. The first-order valence-corrected chi connectivity index (χ1v) is 11.8. The first kappa shape index (κ1) is 18.3. The van der Waals surface area contributed by atoms with E-state index in [1.54, 1.807) is 23.1 Å². The minimum atomic E-state index is 0.184. The van der Waals surface area contributed by atoms with Crippen LogP contribution in [-0.2, 0) is 4.79 Å². The number of hydrogen-bond donors (Lipinski definition) is 0. The van der Waals surface area contributed by atoms with Gasteiger partial charge in [-0.1, -0.05) is 38.5 Å². The Labute approximate surface area is 165 Å². The van der Waals surface area contributed by atoms with Crippen molar-refractivity contribution in [3.8, 4) is 0 Å². The fraction of sp³-hybridized carbons (Fsp3) is 0.619. The molecule has 3 nitrogen and oxygen atoms in total. The van der Waals surface area contributed by atoms with Crippen LogP contribution in [-0.4, -0.2) is 28.1 Å². The van der Waals surface area contributed by atoms with Crippen molar-refractivity contribution in [1.29, 1.82) is 0 Å². The topological polar surface area (TPSA) is 32.7 Å². The molecule has 1 aromatic heterocycles. The maximum absolute atomic E-state index is 13.3. The van der Waals surface area contributed by atoms with Crippen LogP contribution in [0.3, 0.4) is 0 Å². The molecule has 5 heteroatoms. The molecule has 2 aliphatic carbocycles. The first-order chi connectivity index (χ1) is 12.7. The van der Waals surface area contributed by atoms with E-state index in [1.807, 2.05) is 0 Å². The lowest BCUT2D eigenvalue weighted by Crippen LogP contribution is -2.41. The summed E-state index contributed by atoms with van der Waals surface area (Å²) in [4.78, 5) is 22.5. The van der Waals surface area contributed by atoms with Crippen LogP contribution in [0.4, 0.5) is 0 Å². The molecule has 2 saturated carbocycles. The molecule has 26 heavy (non-hydrogen) atoms. The van der Waals surface area contributed by atoms with Gasteiger partial charge in [0, 0.05) is 10.9 Å². The fourth-order valence-corrected chi connectivity index (χ4v) is 6.28. The molecular weight excluding hydrogens is 360 g/mol. The van der Waals surface area contributed by atoms with Crippen LogP contribution in [0.15, 0.2) is 21.3 Å². The standard InChI is InChI=1S/C21H28N2OS2/c1-15-12-13-25-18(15)14-19-20(24)23(17-10-6-3-7-11-17)21(26-19)22-16-8-4-2-5-9-16/h12-14,16-17H,2-11H2,1H3/b19-14-,22-21?. The zero-order valence-corrected chi connectivity index (χ0v) is 17.2. The highest BCUT2D eigenvalue weighted by Crippen LogP contribution is 2.39. The molecule has 0 atom stereocenters. The predicted octanol–water partition coefficient (Wildman–Crippen LogP) is 5.99. The number of amidine groups is 1. The number of thioether (sulfide) groups is 1. The van der Waals surface area contributed by atoms with Crippen LogP contribution >= 0.6 is 23.1 Å². The van der Waals surface area contributed by atoms with Crippen molar-refractivity contribution in [3.05, 3.63) is 26.8 Å². The van der Waals surface area contributed by atoms with Gasteiger partial charge in [-0.25, -0.2) is 0 Å². The van der Waals surface area contributed by atoms with Gasteiger partial charge in [0.15, 0.2) is 5.17 Å². The van der Waals surface area contributed by atoms with Gasteiger partial charge in [0.25, 0.3) is 5.91 Å². The Morgan fingerprint density at radius 1 is 1.08 bits per heavy atom. The van der Waals surface area contributed by atoms with Crippen LogP contribution in [0.1, 0.15) is 74.6 Å². The van der Waals surface area contributed by atoms with Gasteiger partial charge >= 0.3 is 0 Å². The molecule has 1 aliphatic heterocycles. The smallest absolute Gasteiger partial charge is 0.267 e. The highest BCUT2D eigenvalue weighted by atomic mass is 32.2. The number of carbonyl (C=O) groups excluding carboxylic acids is 1. The van der Waals surface area contributed by atoms with E-state index in [0.717, 1.165) is 22.9 Å². The van der Waals surface area contributed by atoms with E-state index < -0.39 is 0 Å². The van der Waals surface area contributed by atoms with Gasteiger partial charge in [0.2, 0.25) is 0 Å². The highest BCUT2D eigenvalue weighted by molar-refractivity contribution is 8.18. The lowest BCUT2D eigenvalue weighted by atomic mass is 9.94. The zero-order chi connectivity index (χ0) is 17.9. The Kier molecular flexibility index (Phi) is 5.84. The maximum atomic E-state index is 13.3. The molecular formula is C21H28N2OS2. The lowest BCUT2D eigenvalue weighted by Gasteiger charge is -2.31. The van der Waals surface area contributed by atoms with Crippen LogP contribution in [0.25, 0.3) is 6.08 Å². The Morgan fingerprint density at radius 2 is 1.77 bits per heavy atom. The summed E-state index contributed by atoms with van der Waals surface area (Å²) in [5.74, 6) is 0.184. The molecule has 0 bridgehead atoms. The summed E-state index contributed by atoms with van der Waals surface area (Å²) in [6.07, 6.45) is 14.4. The summed E-state index contributed by atoms with van der Waals surface area (Å²) in [6, 6.07) is 2.88. The predicted molar refractivity (Wildman–Crippen MR) is 113 cm³/mol. The Morgan fingerprint density at radius 3 is 2.42 bits per heavy atom. The van der Waals surface area contributed by atoms with Crippen molar-refractivity contribution in [2.75, 3.05) is 0 Å². The molecule has 2 heterocycles. The van der Waals surface area contributed by atoms with E-state index in [9.17, 15) is 4.79 Å². The largest absolute Gasteiger partial charge is 0.284 e. The number of rotatable bonds is 3. The monoisotopic (exact) mass is 388 g/mol. The SMILES string of the molecule is Cc1ccsc1/C=C1\SC(=NC2CCCCC2)N(C2CCCCC2)C1=O. The average Bonchev–Trinajstić information content (AvgIpc) is 3.20. The van der Waals surface area contributed by atoms with Gasteiger partial charge < -0.3 is 0 Å². The Balaban J connectivity index is 1.63. The molecule has 1 amide bonds. The van der Waals surface area contributed by atoms with Crippen molar-refractivity contribution in [1.82, 2.24) is 4.90 Å². The van der Waals surface area contributed by atoms with Gasteiger partial charge in [0.1, 0.15) is 0 Å². The summed E-state index contributed by atoms with van der Waals surface area (Å²) in [7, 11) is 0.